The minimum atomic E-state index is -0.425. The zero-order valence-corrected chi connectivity index (χ0v) is 14.9. The highest BCUT2D eigenvalue weighted by Gasteiger charge is 2.31. The largest absolute Gasteiger partial charge is 0.444 e. The molecule has 0 aliphatic carbocycles. The van der Waals surface area contributed by atoms with E-state index >= 15 is 0 Å². The lowest BCUT2D eigenvalue weighted by Gasteiger charge is -2.38. The predicted molar refractivity (Wildman–Crippen MR) is 90.9 cm³/mol. The van der Waals surface area contributed by atoms with E-state index in [1.807, 2.05) is 25.7 Å². The predicted octanol–water partition coefficient (Wildman–Crippen LogP) is 2.88. The molecule has 0 spiro atoms. The fraction of sp³-hybridized carbons (Fsp3) is 0.941. The van der Waals surface area contributed by atoms with E-state index in [1.54, 1.807) is 0 Å². The van der Waals surface area contributed by atoms with Crippen molar-refractivity contribution in [3.8, 4) is 0 Å². The number of likely N-dealkylation sites (tertiary alicyclic amines) is 1. The van der Waals surface area contributed by atoms with Gasteiger partial charge in [0.25, 0.3) is 0 Å². The lowest BCUT2D eigenvalue weighted by Crippen LogP contribution is -2.48. The topological polar surface area (TPSA) is 67.6 Å². The van der Waals surface area contributed by atoms with E-state index in [9.17, 15) is 4.79 Å². The minimum Gasteiger partial charge on any atom is -0.444 e. The fourth-order valence-corrected chi connectivity index (χ4v) is 2.92. The van der Waals surface area contributed by atoms with Crippen molar-refractivity contribution in [2.75, 3.05) is 19.6 Å². The quantitative estimate of drug-likeness (QED) is 0.709. The molecule has 22 heavy (non-hydrogen) atoms. The number of ether oxygens (including phenoxy) is 1. The molecule has 0 aromatic carbocycles. The van der Waals surface area contributed by atoms with Gasteiger partial charge in [-0.2, -0.15) is 0 Å². The first-order valence-corrected chi connectivity index (χ1v) is 8.76. The zero-order valence-electron chi connectivity index (χ0n) is 14.9. The van der Waals surface area contributed by atoms with Crippen LogP contribution in [0.1, 0.15) is 66.2 Å². The molecular formula is C17H35N3O2. The van der Waals surface area contributed by atoms with E-state index in [2.05, 4.69) is 12.2 Å². The molecule has 0 aromatic rings. The maximum atomic E-state index is 12.4. The molecule has 1 aliphatic rings. The van der Waals surface area contributed by atoms with Crippen LogP contribution in [0.15, 0.2) is 0 Å². The molecule has 130 valence electrons. The van der Waals surface area contributed by atoms with Gasteiger partial charge in [-0.15, -0.1) is 0 Å². The molecule has 1 heterocycles. The summed E-state index contributed by atoms with van der Waals surface area (Å²) in [6, 6.07) is 0.700. The summed E-state index contributed by atoms with van der Waals surface area (Å²) in [5.74, 6) is 0. The van der Waals surface area contributed by atoms with Crippen molar-refractivity contribution in [1.82, 2.24) is 10.2 Å². The van der Waals surface area contributed by atoms with Gasteiger partial charge in [-0.3, -0.25) is 0 Å². The molecule has 0 bridgehead atoms. The summed E-state index contributed by atoms with van der Waals surface area (Å²) in [5, 5.41) is 3.54. The lowest BCUT2D eigenvalue weighted by atomic mass is 9.96. The van der Waals surface area contributed by atoms with Crippen LogP contribution in [-0.2, 0) is 4.74 Å². The van der Waals surface area contributed by atoms with Gasteiger partial charge in [0.1, 0.15) is 5.60 Å². The number of piperidine rings is 1. The lowest BCUT2D eigenvalue weighted by molar-refractivity contribution is 0.00791. The highest BCUT2D eigenvalue weighted by molar-refractivity contribution is 5.68. The van der Waals surface area contributed by atoms with Crippen LogP contribution in [0.25, 0.3) is 0 Å². The second-order valence-corrected chi connectivity index (χ2v) is 7.41. The summed E-state index contributed by atoms with van der Waals surface area (Å²) in [6.07, 6.45) is 6.36. The van der Waals surface area contributed by atoms with E-state index in [1.165, 1.54) is 6.42 Å². The minimum absolute atomic E-state index is 0.160. The normalized spacial score (nSPS) is 20.8. The summed E-state index contributed by atoms with van der Waals surface area (Å²) in [4.78, 5) is 14.3. The van der Waals surface area contributed by atoms with Gasteiger partial charge in [0.2, 0.25) is 0 Å². The summed E-state index contributed by atoms with van der Waals surface area (Å²) < 4.78 is 5.55. The number of nitrogens with zero attached hydrogens (tertiary/aromatic N) is 1. The first-order valence-electron chi connectivity index (χ1n) is 8.76. The van der Waals surface area contributed by atoms with Gasteiger partial charge in [0.05, 0.1) is 0 Å². The van der Waals surface area contributed by atoms with Crippen LogP contribution in [-0.4, -0.2) is 48.3 Å². The third-order valence-electron chi connectivity index (χ3n) is 4.00. The average molecular weight is 313 g/mol. The third kappa shape index (κ3) is 7.45. The second-order valence-electron chi connectivity index (χ2n) is 7.41. The van der Waals surface area contributed by atoms with E-state index in [-0.39, 0.29) is 6.09 Å². The molecule has 0 radical (unpaired) electrons. The Kier molecular flexibility index (Phi) is 8.18. The highest BCUT2D eigenvalue weighted by atomic mass is 16.6. The number of nitrogens with one attached hydrogen (secondary N) is 1. The van der Waals surface area contributed by atoms with E-state index in [0.717, 1.165) is 51.7 Å². The van der Waals surface area contributed by atoms with Crippen LogP contribution in [0, 0.1) is 0 Å². The Labute approximate surface area is 135 Å². The molecule has 0 saturated carbocycles. The molecule has 2 atom stereocenters. The molecule has 5 nitrogen and oxygen atoms in total. The van der Waals surface area contributed by atoms with Crippen molar-refractivity contribution in [3.63, 3.8) is 0 Å². The SMILES string of the molecule is CC(CC1CCCCN1C(=O)OC(C)(C)C)NCCCCN. The number of unbranched alkanes of at least 4 members (excludes halogenated alkanes) is 1. The van der Waals surface area contributed by atoms with Crippen molar-refractivity contribution >= 4 is 6.09 Å². The van der Waals surface area contributed by atoms with Gasteiger partial charge in [-0.25, -0.2) is 4.79 Å². The van der Waals surface area contributed by atoms with Gasteiger partial charge >= 0.3 is 6.09 Å². The third-order valence-corrected chi connectivity index (χ3v) is 4.00. The fourth-order valence-electron chi connectivity index (χ4n) is 2.92. The summed E-state index contributed by atoms with van der Waals surface area (Å²) in [5.41, 5.74) is 5.09. The Hall–Kier alpha value is -0.810. The Balaban J connectivity index is 2.45. The average Bonchev–Trinajstić information content (AvgIpc) is 2.42. The summed E-state index contributed by atoms with van der Waals surface area (Å²) in [6.45, 7) is 10.5. The van der Waals surface area contributed by atoms with Gasteiger partial charge in [-0.1, -0.05) is 0 Å². The van der Waals surface area contributed by atoms with Crippen molar-refractivity contribution in [2.45, 2.75) is 83.9 Å². The van der Waals surface area contributed by atoms with Crippen LogP contribution in [0.2, 0.25) is 0 Å². The van der Waals surface area contributed by atoms with Gasteiger partial charge in [0, 0.05) is 18.6 Å². The Morgan fingerprint density at radius 1 is 1.36 bits per heavy atom. The van der Waals surface area contributed by atoms with Crippen molar-refractivity contribution < 1.29 is 9.53 Å². The molecule has 1 rings (SSSR count). The number of rotatable bonds is 7. The molecule has 5 heteroatoms. The molecule has 1 saturated heterocycles. The van der Waals surface area contributed by atoms with Crippen LogP contribution in [0.3, 0.4) is 0 Å². The zero-order chi connectivity index (χ0) is 16.6. The first kappa shape index (κ1) is 19.2. The molecule has 2 unspecified atom stereocenters. The number of hydrogen-bond acceptors (Lipinski definition) is 4. The number of carbonyl (C=O) groups excluding carboxylic acids is 1. The Morgan fingerprint density at radius 2 is 2.09 bits per heavy atom. The molecule has 0 aromatic heterocycles. The first-order chi connectivity index (χ1) is 10.3. The van der Waals surface area contributed by atoms with Crippen LogP contribution >= 0.6 is 0 Å². The summed E-state index contributed by atoms with van der Waals surface area (Å²) in [7, 11) is 0. The molecule has 1 amide bonds. The van der Waals surface area contributed by atoms with Gasteiger partial charge in [-0.05, 0) is 79.3 Å². The van der Waals surface area contributed by atoms with Gasteiger partial charge in [0.15, 0.2) is 0 Å². The maximum Gasteiger partial charge on any atom is 0.410 e. The van der Waals surface area contributed by atoms with E-state index in [0.29, 0.717) is 12.1 Å². The van der Waals surface area contributed by atoms with Crippen molar-refractivity contribution in [2.24, 2.45) is 5.73 Å². The smallest absolute Gasteiger partial charge is 0.410 e. The highest BCUT2D eigenvalue weighted by Crippen LogP contribution is 2.23. The molecule has 1 fully saturated rings. The Bertz CT molecular complexity index is 328. The molecular weight excluding hydrogens is 278 g/mol. The van der Waals surface area contributed by atoms with Crippen molar-refractivity contribution in [1.29, 1.82) is 0 Å². The van der Waals surface area contributed by atoms with Crippen molar-refractivity contribution in [3.05, 3.63) is 0 Å². The maximum absolute atomic E-state index is 12.4. The molecule has 1 aliphatic heterocycles. The standard InChI is InChI=1S/C17H35N3O2/c1-14(19-11-7-6-10-18)13-15-9-5-8-12-20(15)16(21)22-17(2,3)4/h14-15,19H,5-13,18H2,1-4H3. The number of amides is 1. The van der Waals surface area contributed by atoms with Crippen LogP contribution in [0.5, 0.6) is 0 Å². The number of carbonyl (C=O) groups is 1. The van der Waals surface area contributed by atoms with E-state index < -0.39 is 5.60 Å². The number of nitrogens with two attached hydrogens (primary N) is 1. The van der Waals surface area contributed by atoms with Crippen LogP contribution < -0.4 is 11.1 Å². The van der Waals surface area contributed by atoms with Gasteiger partial charge < -0.3 is 20.7 Å². The van der Waals surface area contributed by atoms with E-state index in [4.69, 9.17) is 10.5 Å². The van der Waals surface area contributed by atoms with Crippen LogP contribution in [0.4, 0.5) is 4.79 Å². The monoisotopic (exact) mass is 313 g/mol. The Morgan fingerprint density at radius 3 is 2.73 bits per heavy atom. The second kappa shape index (κ2) is 9.36. The molecule has 3 N–H and O–H groups in total. The number of hydrogen-bond donors (Lipinski definition) is 2. The summed E-state index contributed by atoms with van der Waals surface area (Å²) >= 11 is 0.